The van der Waals surface area contributed by atoms with Crippen molar-refractivity contribution in [3.05, 3.63) is 35.9 Å². The second-order valence-corrected chi connectivity index (χ2v) is 13.3. The molecule has 0 spiro atoms. The van der Waals surface area contributed by atoms with Crippen LogP contribution < -0.4 is 0 Å². The van der Waals surface area contributed by atoms with Crippen molar-refractivity contribution in [3.63, 3.8) is 0 Å². The van der Waals surface area contributed by atoms with E-state index in [4.69, 9.17) is 13.9 Å². The Balaban J connectivity index is 1.78. The molecule has 1 N–H and O–H groups in total. The molecule has 2 rings (SSSR count). The number of aliphatic hydroxyl groups is 1. The van der Waals surface area contributed by atoms with E-state index >= 15 is 0 Å². The Morgan fingerprint density at radius 3 is 2.44 bits per heavy atom. The van der Waals surface area contributed by atoms with Crippen molar-refractivity contribution in [2.75, 3.05) is 13.2 Å². The van der Waals surface area contributed by atoms with E-state index in [9.17, 15) is 5.11 Å². The zero-order chi connectivity index (χ0) is 18.5. The van der Waals surface area contributed by atoms with Crippen LogP contribution in [0.1, 0.15) is 39.2 Å². The maximum absolute atomic E-state index is 10.2. The molecule has 1 saturated heterocycles. The van der Waals surface area contributed by atoms with Crippen LogP contribution in [0.2, 0.25) is 18.1 Å². The van der Waals surface area contributed by atoms with Crippen LogP contribution in [0.15, 0.2) is 30.3 Å². The quantitative estimate of drug-likeness (QED) is 0.737. The Kier molecular flexibility index (Phi) is 7.23. The topological polar surface area (TPSA) is 47.9 Å². The van der Waals surface area contributed by atoms with E-state index in [2.05, 4.69) is 33.9 Å². The lowest BCUT2D eigenvalue weighted by Crippen LogP contribution is -2.47. The van der Waals surface area contributed by atoms with Gasteiger partial charge >= 0.3 is 0 Å². The van der Waals surface area contributed by atoms with E-state index in [1.165, 1.54) is 0 Å². The maximum Gasteiger partial charge on any atom is 0.192 e. The van der Waals surface area contributed by atoms with Gasteiger partial charge in [0.05, 0.1) is 32.0 Å². The van der Waals surface area contributed by atoms with Crippen molar-refractivity contribution in [1.29, 1.82) is 0 Å². The standard InChI is InChI=1S/C20H34O4Si/c1-20(2,3)25(4,5)23-14-17-11-12-18(21)19(24-17)15-22-13-16-9-7-6-8-10-16/h6-10,17-19,21H,11-15H2,1-5H3/t17-,18?,19-/m1/s1. The van der Waals surface area contributed by atoms with Gasteiger partial charge in [-0.3, -0.25) is 0 Å². The Bertz CT molecular complexity index is 512. The summed E-state index contributed by atoms with van der Waals surface area (Å²) in [6, 6.07) is 10.1. The zero-order valence-corrected chi connectivity index (χ0v) is 17.3. The second-order valence-electron chi connectivity index (χ2n) is 8.51. The predicted molar refractivity (Wildman–Crippen MR) is 103 cm³/mol. The van der Waals surface area contributed by atoms with Crippen molar-refractivity contribution in [3.8, 4) is 0 Å². The molecule has 142 valence electrons. The maximum atomic E-state index is 10.2. The second kappa shape index (κ2) is 8.78. The fraction of sp³-hybridized carbons (Fsp3) is 0.700. The summed E-state index contributed by atoms with van der Waals surface area (Å²) >= 11 is 0. The number of aliphatic hydroxyl groups excluding tert-OH is 1. The van der Waals surface area contributed by atoms with Gasteiger partial charge in [-0.05, 0) is 36.5 Å². The summed E-state index contributed by atoms with van der Waals surface area (Å²) < 4.78 is 18.1. The fourth-order valence-electron chi connectivity index (χ4n) is 2.61. The summed E-state index contributed by atoms with van der Waals surface area (Å²) in [6.07, 6.45) is 0.892. The van der Waals surface area contributed by atoms with E-state index in [0.29, 0.717) is 19.8 Å². The van der Waals surface area contributed by atoms with Crippen molar-refractivity contribution in [2.24, 2.45) is 0 Å². The van der Waals surface area contributed by atoms with Gasteiger partial charge in [0.2, 0.25) is 0 Å². The van der Waals surface area contributed by atoms with Crippen LogP contribution in [0.5, 0.6) is 0 Å². The van der Waals surface area contributed by atoms with Crippen molar-refractivity contribution < 1.29 is 19.0 Å². The average Bonchev–Trinajstić information content (AvgIpc) is 2.55. The lowest BCUT2D eigenvalue weighted by atomic mass is 10.0. The molecule has 1 heterocycles. The smallest absolute Gasteiger partial charge is 0.192 e. The highest BCUT2D eigenvalue weighted by Crippen LogP contribution is 2.37. The summed E-state index contributed by atoms with van der Waals surface area (Å²) in [6.45, 7) is 12.8. The molecule has 3 atom stereocenters. The van der Waals surface area contributed by atoms with E-state index in [1.807, 2.05) is 30.3 Å². The highest BCUT2D eigenvalue weighted by atomic mass is 28.4. The molecule has 5 heteroatoms. The number of benzene rings is 1. The molecule has 0 saturated carbocycles. The summed E-state index contributed by atoms with van der Waals surface area (Å²) in [7, 11) is -1.77. The lowest BCUT2D eigenvalue weighted by Gasteiger charge is -2.39. The largest absolute Gasteiger partial charge is 0.414 e. The minimum Gasteiger partial charge on any atom is -0.414 e. The molecule has 0 aromatic heterocycles. The molecule has 4 nitrogen and oxygen atoms in total. The lowest BCUT2D eigenvalue weighted by molar-refractivity contribution is -0.152. The molecule has 1 aromatic rings. The number of hydrogen-bond donors (Lipinski definition) is 1. The minimum absolute atomic E-state index is 0.0443. The SMILES string of the molecule is CC(C)(C)[Si](C)(C)OC[C@H]1CCC(O)[C@@H](COCc2ccccc2)O1. The number of ether oxygens (including phenoxy) is 2. The van der Waals surface area contributed by atoms with Gasteiger partial charge in [0.25, 0.3) is 0 Å². The van der Waals surface area contributed by atoms with Crippen LogP contribution in [0.4, 0.5) is 0 Å². The van der Waals surface area contributed by atoms with E-state index in [1.54, 1.807) is 0 Å². The average molecular weight is 367 g/mol. The minimum atomic E-state index is -1.77. The molecule has 1 unspecified atom stereocenters. The molecule has 1 fully saturated rings. The highest BCUT2D eigenvalue weighted by molar-refractivity contribution is 6.74. The molecule has 1 aliphatic rings. The first kappa shape index (κ1) is 20.6. The monoisotopic (exact) mass is 366 g/mol. The van der Waals surface area contributed by atoms with Gasteiger partial charge in [-0.2, -0.15) is 0 Å². The third-order valence-electron chi connectivity index (χ3n) is 5.41. The first-order valence-corrected chi connectivity index (χ1v) is 12.2. The van der Waals surface area contributed by atoms with Crippen LogP contribution >= 0.6 is 0 Å². The van der Waals surface area contributed by atoms with Gasteiger partial charge in [-0.15, -0.1) is 0 Å². The van der Waals surface area contributed by atoms with Gasteiger partial charge in [0, 0.05) is 0 Å². The van der Waals surface area contributed by atoms with Gasteiger partial charge in [-0.25, -0.2) is 0 Å². The third kappa shape index (κ3) is 6.18. The van der Waals surface area contributed by atoms with E-state index in [0.717, 1.165) is 18.4 Å². The van der Waals surface area contributed by atoms with Crippen LogP contribution in [-0.4, -0.2) is 44.9 Å². The summed E-state index contributed by atoms with van der Waals surface area (Å²) in [5.74, 6) is 0. The van der Waals surface area contributed by atoms with Crippen LogP contribution in [0.3, 0.4) is 0 Å². The Morgan fingerprint density at radius 1 is 1.12 bits per heavy atom. The molecule has 1 aliphatic heterocycles. The van der Waals surface area contributed by atoms with E-state index < -0.39 is 14.4 Å². The predicted octanol–water partition coefficient (Wildman–Crippen LogP) is 4.13. The van der Waals surface area contributed by atoms with Crippen molar-refractivity contribution in [2.45, 2.75) is 76.7 Å². The van der Waals surface area contributed by atoms with E-state index in [-0.39, 0.29) is 17.2 Å². The number of hydrogen-bond acceptors (Lipinski definition) is 4. The summed E-state index contributed by atoms with van der Waals surface area (Å²) in [5, 5.41) is 10.4. The zero-order valence-electron chi connectivity index (χ0n) is 16.3. The summed E-state index contributed by atoms with van der Waals surface area (Å²) in [5.41, 5.74) is 1.13. The van der Waals surface area contributed by atoms with Gasteiger partial charge in [0.1, 0.15) is 6.10 Å². The molecular weight excluding hydrogens is 332 g/mol. The molecule has 0 aliphatic carbocycles. The molecule has 0 bridgehead atoms. The van der Waals surface area contributed by atoms with Crippen molar-refractivity contribution in [1.82, 2.24) is 0 Å². The molecular formula is C20H34O4Si. The third-order valence-corrected chi connectivity index (χ3v) is 9.91. The first-order valence-electron chi connectivity index (χ1n) is 9.28. The molecule has 1 aromatic carbocycles. The van der Waals surface area contributed by atoms with Gasteiger partial charge in [-0.1, -0.05) is 51.1 Å². The fourth-order valence-corrected chi connectivity index (χ4v) is 3.64. The summed E-state index contributed by atoms with van der Waals surface area (Å²) in [4.78, 5) is 0. The number of rotatable bonds is 7. The van der Waals surface area contributed by atoms with Crippen LogP contribution in [0, 0.1) is 0 Å². The van der Waals surface area contributed by atoms with Gasteiger partial charge in [0.15, 0.2) is 8.32 Å². The first-order chi connectivity index (χ1) is 11.7. The molecule has 25 heavy (non-hydrogen) atoms. The Morgan fingerprint density at radius 2 is 1.80 bits per heavy atom. The normalized spacial score (nSPS) is 25.1. The van der Waals surface area contributed by atoms with Crippen LogP contribution in [0.25, 0.3) is 0 Å². The van der Waals surface area contributed by atoms with Gasteiger partial charge < -0.3 is 19.0 Å². The van der Waals surface area contributed by atoms with Crippen LogP contribution in [-0.2, 0) is 20.5 Å². The van der Waals surface area contributed by atoms with Crippen molar-refractivity contribution >= 4 is 8.32 Å². The Hall–Kier alpha value is -0.723. The highest BCUT2D eigenvalue weighted by Gasteiger charge is 2.38. The molecule has 0 radical (unpaired) electrons. The molecule has 0 amide bonds. The Labute approximate surface area is 153 Å².